The molecule has 1 aliphatic rings. The van der Waals surface area contributed by atoms with E-state index in [0.29, 0.717) is 12.6 Å². The number of hydrogen-bond donors (Lipinski definition) is 0. The number of fused-ring (bicyclic) bond motifs is 2. The van der Waals surface area contributed by atoms with Crippen molar-refractivity contribution in [3.05, 3.63) is 70.4 Å². The number of rotatable bonds is 5. The third-order valence-electron chi connectivity index (χ3n) is 7.48. The number of nitrogens with zero attached hydrogens (tertiary/aromatic N) is 7. The average molecular weight is 486 g/mol. The summed E-state index contributed by atoms with van der Waals surface area (Å²) in [6.07, 6.45) is 7.86. The maximum atomic E-state index is 12.9. The monoisotopic (exact) mass is 485 g/mol. The van der Waals surface area contributed by atoms with Gasteiger partial charge in [-0.25, -0.2) is 4.98 Å². The third-order valence-corrected chi connectivity index (χ3v) is 7.48. The smallest absolute Gasteiger partial charge is 0.252 e. The quantitative estimate of drug-likeness (QED) is 0.394. The van der Waals surface area contributed by atoms with Crippen molar-refractivity contribution in [1.82, 2.24) is 29.2 Å². The van der Waals surface area contributed by atoms with Crippen molar-refractivity contribution in [3.63, 3.8) is 0 Å². The number of pyridine rings is 1. The van der Waals surface area contributed by atoms with E-state index in [1.165, 1.54) is 5.56 Å². The molecule has 1 aromatic carbocycles. The summed E-state index contributed by atoms with van der Waals surface area (Å²) in [6, 6.07) is 8.91. The summed E-state index contributed by atoms with van der Waals surface area (Å²) in [5.41, 5.74) is 6.70. The summed E-state index contributed by atoms with van der Waals surface area (Å²) in [5.74, 6) is 0. The second-order valence-electron chi connectivity index (χ2n) is 10.1. The number of aryl methyl sites for hydroxylation is 2. The molecule has 188 valence electrons. The van der Waals surface area contributed by atoms with Gasteiger partial charge in [0.15, 0.2) is 0 Å². The Kier molecular flexibility index (Phi) is 6.38. The van der Waals surface area contributed by atoms with Crippen molar-refractivity contribution in [2.45, 2.75) is 59.3 Å². The topological polar surface area (TPSA) is 72.1 Å². The molecule has 5 rings (SSSR count). The maximum Gasteiger partial charge on any atom is 0.252 e. The number of piperazine rings is 1. The molecule has 8 nitrogen and oxygen atoms in total. The number of aromatic nitrogens is 5. The molecule has 1 fully saturated rings. The van der Waals surface area contributed by atoms with Gasteiger partial charge in [-0.1, -0.05) is 18.2 Å². The molecule has 0 saturated carbocycles. The van der Waals surface area contributed by atoms with Crippen LogP contribution in [0.25, 0.3) is 22.1 Å². The van der Waals surface area contributed by atoms with Crippen molar-refractivity contribution in [3.8, 4) is 0 Å². The molecule has 1 aliphatic heterocycles. The van der Waals surface area contributed by atoms with Gasteiger partial charge in [0.25, 0.3) is 5.56 Å². The zero-order valence-electron chi connectivity index (χ0n) is 22.0. The van der Waals surface area contributed by atoms with Crippen molar-refractivity contribution in [2.75, 3.05) is 18.0 Å². The van der Waals surface area contributed by atoms with E-state index in [0.717, 1.165) is 46.5 Å². The molecule has 3 aromatic heterocycles. The van der Waals surface area contributed by atoms with E-state index in [1.807, 2.05) is 44.0 Å². The first kappa shape index (κ1) is 24.2. The Bertz CT molecular complexity index is 1500. The molecule has 0 unspecified atom stereocenters. The van der Waals surface area contributed by atoms with E-state index in [4.69, 9.17) is 5.10 Å². The lowest BCUT2D eigenvalue weighted by atomic mass is 9.99. The second kappa shape index (κ2) is 9.50. The molecule has 8 heteroatoms. The first-order valence-electron chi connectivity index (χ1n) is 12.7. The summed E-state index contributed by atoms with van der Waals surface area (Å²) >= 11 is 0. The Morgan fingerprint density at radius 2 is 1.94 bits per heavy atom. The predicted molar refractivity (Wildman–Crippen MR) is 145 cm³/mol. The SMILES string of the molecule is C/C=C/Cn1cc2c(n1)c(N1C[C@@H](C)N([C@@H](C)c3ccc4ncc(C)nc4c3)C[C@@H]1C)cc(=O)n2C. The molecule has 0 aliphatic carbocycles. The molecule has 0 radical (unpaired) electrons. The van der Waals surface area contributed by atoms with Gasteiger partial charge < -0.3 is 9.47 Å². The molecule has 0 bridgehead atoms. The zero-order valence-corrected chi connectivity index (χ0v) is 22.0. The van der Waals surface area contributed by atoms with Gasteiger partial charge in [-0.15, -0.1) is 0 Å². The first-order valence-corrected chi connectivity index (χ1v) is 12.7. The minimum atomic E-state index is -0.00805. The predicted octanol–water partition coefficient (Wildman–Crippen LogP) is 4.22. The van der Waals surface area contributed by atoms with Gasteiger partial charge in [-0.2, -0.15) is 5.10 Å². The Balaban J connectivity index is 1.44. The van der Waals surface area contributed by atoms with Crippen LogP contribution in [-0.4, -0.2) is 54.4 Å². The van der Waals surface area contributed by atoms with Crippen LogP contribution in [0.4, 0.5) is 5.69 Å². The average Bonchev–Trinajstić information content (AvgIpc) is 3.30. The van der Waals surface area contributed by atoms with Crippen LogP contribution in [0.5, 0.6) is 0 Å². The summed E-state index contributed by atoms with van der Waals surface area (Å²) < 4.78 is 3.60. The third kappa shape index (κ3) is 4.30. The van der Waals surface area contributed by atoms with Crippen LogP contribution < -0.4 is 10.5 Å². The van der Waals surface area contributed by atoms with Crippen LogP contribution in [-0.2, 0) is 13.6 Å². The number of anilines is 1. The highest BCUT2D eigenvalue weighted by atomic mass is 16.1. The van der Waals surface area contributed by atoms with Crippen LogP contribution in [0.15, 0.2) is 53.6 Å². The zero-order chi connectivity index (χ0) is 25.6. The molecule has 0 amide bonds. The van der Waals surface area contributed by atoms with Gasteiger partial charge >= 0.3 is 0 Å². The highest BCUT2D eigenvalue weighted by molar-refractivity contribution is 5.88. The van der Waals surface area contributed by atoms with Crippen LogP contribution >= 0.6 is 0 Å². The van der Waals surface area contributed by atoms with Crippen molar-refractivity contribution in [2.24, 2.45) is 7.05 Å². The molecule has 1 saturated heterocycles. The van der Waals surface area contributed by atoms with Crippen LogP contribution in [0.1, 0.15) is 45.0 Å². The van der Waals surface area contributed by atoms with Gasteiger partial charge in [-0.05, 0) is 52.3 Å². The van der Waals surface area contributed by atoms with E-state index in [2.05, 4.69) is 64.8 Å². The fourth-order valence-electron chi connectivity index (χ4n) is 5.37. The number of hydrogen-bond acceptors (Lipinski definition) is 6. The van der Waals surface area contributed by atoms with Crippen molar-refractivity contribution in [1.29, 1.82) is 0 Å². The molecule has 36 heavy (non-hydrogen) atoms. The van der Waals surface area contributed by atoms with Gasteiger partial charge in [-0.3, -0.25) is 19.4 Å². The van der Waals surface area contributed by atoms with Crippen LogP contribution in [0.2, 0.25) is 0 Å². The van der Waals surface area contributed by atoms with E-state index in [1.54, 1.807) is 10.6 Å². The number of benzene rings is 1. The van der Waals surface area contributed by atoms with E-state index in [-0.39, 0.29) is 17.6 Å². The van der Waals surface area contributed by atoms with Crippen molar-refractivity contribution < 1.29 is 0 Å². The highest BCUT2D eigenvalue weighted by Crippen LogP contribution is 2.33. The minimum absolute atomic E-state index is 0.00805. The Hall–Kier alpha value is -3.52. The first-order chi connectivity index (χ1) is 17.3. The number of allylic oxidation sites excluding steroid dienone is 2. The summed E-state index contributed by atoms with van der Waals surface area (Å²) in [7, 11) is 1.82. The van der Waals surface area contributed by atoms with Crippen LogP contribution in [0, 0.1) is 6.92 Å². The highest BCUT2D eigenvalue weighted by Gasteiger charge is 2.34. The minimum Gasteiger partial charge on any atom is -0.364 e. The Labute approximate surface area is 211 Å². The van der Waals surface area contributed by atoms with Gasteiger partial charge in [0, 0.05) is 56.7 Å². The standard InChI is InChI=1S/C28H35N7O/c1-7-8-11-33-17-26-28(31-33)25(13-27(36)32(26)6)35-16-19(3)34(15-20(35)4)21(5)22-9-10-23-24(12-22)30-18(2)14-29-23/h7-10,12-14,17,19-21H,11,15-16H2,1-6H3/b8-7+/t19-,20+,21+/m1/s1. The molecule has 4 aromatic rings. The molecular weight excluding hydrogens is 450 g/mol. The Morgan fingerprint density at radius 3 is 2.72 bits per heavy atom. The lowest BCUT2D eigenvalue weighted by Gasteiger charge is -2.47. The van der Waals surface area contributed by atoms with E-state index in [9.17, 15) is 4.79 Å². The lowest BCUT2D eigenvalue weighted by molar-refractivity contribution is 0.119. The molecule has 0 spiro atoms. The fraction of sp³-hybridized carbons (Fsp3) is 0.429. The normalized spacial score (nSPS) is 20.1. The fourth-order valence-corrected chi connectivity index (χ4v) is 5.37. The largest absolute Gasteiger partial charge is 0.364 e. The van der Waals surface area contributed by atoms with Gasteiger partial charge in [0.1, 0.15) is 5.52 Å². The summed E-state index contributed by atoms with van der Waals surface area (Å²) in [4.78, 5) is 27.0. The molecule has 3 atom stereocenters. The second-order valence-corrected chi connectivity index (χ2v) is 10.1. The Morgan fingerprint density at radius 1 is 1.14 bits per heavy atom. The van der Waals surface area contributed by atoms with Crippen LogP contribution in [0.3, 0.4) is 0 Å². The maximum absolute atomic E-state index is 12.9. The molecule has 0 N–H and O–H groups in total. The van der Waals surface area contributed by atoms with Gasteiger partial charge in [0.2, 0.25) is 0 Å². The van der Waals surface area contributed by atoms with Gasteiger partial charge in [0.05, 0.1) is 34.5 Å². The molecular formula is C28H35N7O. The van der Waals surface area contributed by atoms with Crippen molar-refractivity contribution >= 4 is 27.8 Å². The molecule has 4 heterocycles. The summed E-state index contributed by atoms with van der Waals surface area (Å²) in [6.45, 7) is 13.1. The van der Waals surface area contributed by atoms with E-state index >= 15 is 0 Å². The lowest BCUT2D eigenvalue weighted by Crippen LogP contribution is -2.57. The summed E-state index contributed by atoms with van der Waals surface area (Å²) in [5, 5.41) is 4.86. The van der Waals surface area contributed by atoms with E-state index < -0.39 is 0 Å².